The lowest BCUT2D eigenvalue weighted by atomic mass is 9.85. The Hall–Kier alpha value is -1.84. The number of anilines is 1. The fourth-order valence-electron chi connectivity index (χ4n) is 1.42. The Kier molecular flexibility index (Phi) is 3.66. The molecule has 0 unspecified atom stereocenters. The van der Waals surface area contributed by atoms with E-state index in [1.807, 2.05) is 0 Å². The maximum absolute atomic E-state index is 11.6. The summed E-state index contributed by atoms with van der Waals surface area (Å²) in [6, 6.07) is 7.08. The summed E-state index contributed by atoms with van der Waals surface area (Å²) in [5.41, 5.74) is 0.851. The summed E-state index contributed by atoms with van der Waals surface area (Å²) in [6.07, 6.45) is 0.612. The van der Waals surface area contributed by atoms with Crippen molar-refractivity contribution in [1.82, 2.24) is 0 Å². The Morgan fingerprint density at radius 3 is 2.31 bits per heavy atom. The SMILES string of the molecule is COC(=O)C(C)(C)c1ccc(NC=O)cc1. The molecule has 0 bridgehead atoms. The molecule has 0 heterocycles. The van der Waals surface area contributed by atoms with Crippen molar-refractivity contribution in [1.29, 1.82) is 0 Å². The fraction of sp³-hybridized carbons (Fsp3) is 0.333. The Balaban J connectivity index is 2.96. The van der Waals surface area contributed by atoms with Gasteiger partial charge in [-0.1, -0.05) is 12.1 Å². The van der Waals surface area contributed by atoms with E-state index in [0.717, 1.165) is 5.56 Å². The minimum absolute atomic E-state index is 0.288. The fourth-order valence-corrected chi connectivity index (χ4v) is 1.42. The monoisotopic (exact) mass is 221 g/mol. The average Bonchev–Trinajstić information content (AvgIpc) is 2.29. The van der Waals surface area contributed by atoms with Gasteiger partial charge in [-0.2, -0.15) is 0 Å². The Morgan fingerprint density at radius 2 is 1.88 bits per heavy atom. The smallest absolute Gasteiger partial charge is 0.315 e. The summed E-state index contributed by atoms with van der Waals surface area (Å²) in [4.78, 5) is 21.8. The largest absolute Gasteiger partial charge is 0.468 e. The van der Waals surface area contributed by atoms with Crippen molar-refractivity contribution >= 4 is 18.1 Å². The van der Waals surface area contributed by atoms with E-state index < -0.39 is 5.41 Å². The van der Waals surface area contributed by atoms with Crippen LogP contribution in [-0.4, -0.2) is 19.5 Å². The lowest BCUT2D eigenvalue weighted by Crippen LogP contribution is -2.30. The zero-order valence-electron chi connectivity index (χ0n) is 9.61. The van der Waals surface area contributed by atoms with Gasteiger partial charge in [-0.25, -0.2) is 0 Å². The summed E-state index contributed by atoms with van der Waals surface area (Å²) < 4.78 is 4.74. The third-order valence-electron chi connectivity index (χ3n) is 2.53. The number of esters is 1. The van der Waals surface area contributed by atoms with Crippen LogP contribution in [0.25, 0.3) is 0 Å². The topological polar surface area (TPSA) is 55.4 Å². The molecule has 86 valence electrons. The number of rotatable bonds is 4. The molecule has 1 aromatic rings. The van der Waals surface area contributed by atoms with E-state index in [0.29, 0.717) is 12.1 Å². The lowest BCUT2D eigenvalue weighted by Gasteiger charge is -2.22. The number of hydrogen-bond donors (Lipinski definition) is 1. The van der Waals surface area contributed by atoms with Crippen LogP contribution in [0.5, 0.6) is 0 Å². The van der Waals surface area contributed by atoms with E-state index in [9.17, 15) is 9.59 Å². The first-order valence-electron chi connectivity index (χ1n) is 4.91. The third kappa shape index (κ3) is 2.39. The van der Waals surface area contributed by atoms with E-state index >= 15 is 0 Å². The maximum atomic E-state index is 11.6. The van der Waals surface area contributed by atoms with Crippen LogP contribution in [0.3, 0.4) is 0 Å². The number of ether oxygens (including phenoxy) is 1. The molecule has 0 atom stereocenters. The molecule has 0 saturated heterocycles. The summed E-state index contributed by atoms with van der Waals surface area (Å²) in [7, 11) is 1.37. The first kappa shape index (κ1) is 12.2. The van der Waals surface area contributed by atoms with Crippen molar-refractivity contribution in [2.24, 2.45) is 0 Å². The highest BCUT2D eigenvalue weighted by Crippen LogP contribution is 2.25. The summed E-state index contributed by atoms with van der Waals surface area (Å²) in [5.74, 6) is -0.288. The molecule has 1 N–H and O–H groups in total. The van der Waals surface area contributed by atoms with Gasteiger partial charge < -0.3 is 10.1 Å². The van der Waals surface area contributed by atoms with Gasteiger partial charge in [0.25, 0.3) is 0 Å². The predicted octanol–water partition coefficient (Wildman–Crippen LogP) is 1.71. The van der Waals surface area contributed by atoms with Crippen LogP contribution in [0, 0.1) is 0 Å². The van der Waals surface area contributed by atoms with Crippen LogP contribution in [-0.2, 0) is 19.7 Å². The van der Waals surface area contributed by atoms with E-state index in [1.54, 1.807) is 38.1 Å². The normalized spacial score (nSPS) is 10.7. The van der Waals surface area contributed by atoms with Gasteiger partial charge in [0, 0.05) is 5.69 Å². The molecule has 4 heteroatoms. The Bertz CT molecular complexity index is 382. The van der Waals surface area contributed by atoms with Gasteiger partial charge in [0.15, 0.2) is 0 Å². The minimum atomic E-state index is -0.686. The molecule has 0 spiro atoms. The third-order valence-corrected chi connectivity index (χ3v) is 2.53. The van der Waals surface area contributed by atoms with E-state index in [1.165, 1.54) is 7.11 Å². The van der Waals surface area contributed by atoms with Crippen molar-refractivity contribution in [2.45, 2.75) is 19.3 Å². The van der Waals surface area contributed by atoms with Gasteiger partial charge in [0.1, 0.15) is 0 Å². The number of amides is 1. The number of nitrogens with one attached hydrogen (secondary N) is 1. The Labute approximate surface area is 94.6 Å². The standard InChI is InChI=1S/C12H15NO3/c1-12(2,11(15)16-3)9-4-6-10(7-5-9)13-8-14/h4-8H,1-3H3,(H,13,14). The first-order chi connectivity index (χ1) is 7.52. The van der Waals surface area contributed by atoms with Crippen molar-refractivity contribution in [2.75, 3.05) is 12.4 Å². The van der Waals surface area contributed by atoms with Crippen molar-refractivity contribution in [3.8, 4) is 0 Å². The highest BCUT2D eigenvalue weighted by Gasteiger charge is 2.30. The number of benzene rings is 1. The lowest BCUT2D eigenvalue weighted by molar-refractivity contribution is -0.146. The maximum Gasteiger partial charge on any atom is 0.315 e. The van der Waals surface area contributed by atoms with Crippen LogP contribution in [0.15, 0.2) is 24.3 Å². The molecule has 0 aliphatic carbocycles. The van der Waals surface area contributed by atoms with Crippen molar-refractivity contribution in [3.63, 3.8) is 0 Å². The Morgan fingerprint density at radius 1 is 1.31 bits per heavy atom. The minimum Gasteiger partial charge on any atom is -0.468 e. The van der Waals surface area contributed by atoms with Gasteiger partial charge in [0.05, 0.1) is 12.5 Å². The highest BCUT2D eigenvalue weighted by atomic mass is 16.5. The summed E-state index contributed by atoms with van der Waals surface area (Å²) >= 11 is 0. The molecule has 16 heavy (non-hydrogen) atoms. The molecular weight excluding hydrogens is 206 g/mol. The number of methoxy groups -OCH3 is 1. The van der Waals surface area contributed by atoms with E-state index in [4.69, 9.17) is 4.74 Å². The van der Waals surface area contributed by atoms with E-state index in [2.05, 4.69) is 5.32 Å². The van der Waals surface area contributed by atoms with Crippen LogP contribution in [0.1, 0.15) is 19.4 Å². The molecule has 0 radical (unpaired) electrons. The zero-order valence-corrected chi connectivity index (χ0v) is 9.61. The van der Waals surface area contributed by atoms with Gasteiger partial charge in [0.2, 0.25) is 6.41 Å². The van der Waals surface area contributed by atoms with Crippen LogP contribution < -0.4 is 5.32 Å². The molecule has 0 aliphatic rings. The molecule has 0 saturated carbocycles. The van der Waals surface area contributed by atoms with Crippen molar-refractivity contribution in [3.05, 3.63) is 29.8 Å². The predicted molar refractivity (Wildman–Crippen MR) is 61.2 cm³/mol. The zero-order chi connectivity index (χ0) is 12.2. The number of carbonyl (C=O) groups excluding carboxylic acids is 2. The summed E-state index contributed by atoms with van der Waals surface area (Å²) in [5, 5.41) is 2.53. The van der Waals surface area contributed by atoms with Crippen LogP contribution >= 0.6 is 0 Å². The first-order valence-corrected chi connectivity index (χ1v) is 4.91. The average molecular weight is 221 g/mol. The molecule has 1 amide bonds. The number of hydrogen-bond acceptors (Lipinski definition) is 3. The van der Waals surface area contributed by atoms with Crippen molar-refractivity contribution < 1.29 is 14.3 Å². The molecule has 0 fully saturated rings. The second kappa shape index (κ2) is 4.79. The second-order valence-electron chi connectivity index (χ2n) is 3.96. The number of carbonyl (C=O) groups is 2. The molecule has 0 aromatic heterocycles. The molecule has 0 aliphatic heterocycles. The van der Waals surface area contributed by atoms with Gasteiger partial charge in [-0.3, -0.25) is 9.59 Å². The van der Waals surface area contributed by atoms with Gasteiger partial charge in [-0.05, 0) is 31.5 Å². The second-order valence-corrected chi connectivity index (χ2v) is 3.96. The van der Waals surface area contributed by atoms with Crippen LogP contribution in [0.4, 0.5) is 5.69 Å². The summed E-state index contributed by atoms with van der Waals surface area (Å²) in [6.45, 7) is 3.59. The molecule has 4 nitrogen and oxygen atoms in total. The molecule has 1 aromatic carbocycles. The van der Waals surface area contributed by atoms with E-state index in [-0.39, 0.29) is 5.97 Å². The van der Waals surface area contributed by atoms with Gasteiger partial charge >= 0.3 is 5.97 Å². The molecular formula is C12H15NO3. The van der Waals surface area contributed by atoms with Gasteiger partial charge in [-0.15, -0.1) is 0 Å². The van der Waals surface area contributed by atoms with Crippen LogP contribution in [0.2, 0.25) is 0 Å². The highest BCUT2D eigenvalue weighted by molar-refractivity contribution is 5.82. The molecule has 1 rings (SSSR count). The quantitative estimate of drug-likeness (QED) is 0.622.